The number of pyridine rings is 1. The fraction of sp³-hybridized carbons (Fsp3) is 0.429. The summed E-state index contributed by atoms with van der Waals surface area (Å²) < 4.78 is 0. The maximum Gasteiger partial charge on any atom is 0.223 e. The van der Waals surface area contributed by atoms with E-state index in [9.17, 15) is 9.90 Å². The molecule has 2 aromatic rings. The van der Waals surface area contributed by atoms with E-state index in [0.717, 1.165) is 25.2 Å². The molecule has 1 saturated heterocycles. The molecule has 3 rings (SSSR count). The standard InChI is InChI=1S/C14H17N5O2/c1-8-16-13-12(14(21)17-8)5-11(6-15-13)19-4-3-10(7-19)18-9(2)20/h5-6,10H,3-4,7H2,1-2H3,(H,18,20)(H,15,16,17,21)/t10-/m1/s1. The van der Waals surface area contributed by atoms with Crippen molar-refractivity contribution in [1.82, 2.24) is 20.3 Å². The molecule has 0 spiro atoms. The lowest BCUT2D eigenvalue weighted by molar-refractivity contribution is -0.119. The number of anilines is 1. The lowest BCUT2D eigenvalue weighted by Crippen LogP contribution is -2.35. The molecule has 0 unspecified atom stereocenters. The van der Waals surface area contributed by atoms with Gasteiger partial charge in [0.25, 0.3) is 0 Å². The number of carbonyl (C=O) groups excluding carboxylic acids is 1. The molecule has 0 saturated carbocycles. The topological polar surface area (TPSA) is 91.2 Å². The zero-order chi connectivity index (χ0) is 15.0. The molecule has 1 aliphatic heterocycles. The lowest BCUT2D eigenvalue weighted by Gasteiger charge is -2.18. The Morgan fingerprint density at radius 2 is 2.29 bits per heavy atom. The van der Waals surface area contributed by atoms with Crippen LogP contribution in [0.25, 0.3) is 11.0 Å². The number of fused-ring (bicyclic) bond motifs is 1. The second-order valence-corrected chi connectivity index (χ2v) is 5.29. The van der Waals surface area contributed by atoms with Crippen molar-refractivity contribution in [3.8, 4) is 5.88 Å². The van der Waals surface area contributed by atoms with Crippen LogP contribution in [0.3, 0.4) is 0 Å². The van der Waals surface area contributed by atoms with Crippen LogP contribution in [0.5, 0.6) is 5.88 Å². The van der Waals surface area contributed by atoms with Crippen molar-refractivity contribution in [2.45, 2.75) is 26.3 Å². The number of nitrogens with zero attached hydrogens (tertiary/aromatic N) is 4. The van der Waals surface area contributed by atoms with Gasteiger partial charge in [0.1, 0.15) is 5.82 Å². The second kappa shape index (κ2) is 5.16. The van der Waals surface area contributed by atoms with E-state index >= 15 is 0 Å². The molecule has 3 heterocycles. The normalized spacial score (nSPS) is 18.2. The molecule has 1 amide bonds. The Hall–Kier alpha value is -2.44. The van der Waals surface area contributed by atoms with E-state index in [0.29, 0.717) is 16.9 Å². The number of rotatable bonds is 2. The largest absolute Gasteiger partial charge is 0.493 e. The van der Waals surface area contributed by atoms with E-state index in [-0.39, 0.29) is 17.8 Å². The first-order valence-electron chi connectivity index (χ1n) is 6.88. The number of hydrogen-bond donors (Lipinski definition) is 2. The Kier molecular flexibility index (Phi) is 3.32. The highest BCUT2D eigenvalue weighted by atomic mass is 16.3. The number of nitrogens with one attached hydrogen (secondary N) is 1. The molecule has 2 aromatic heterocycles. The van der Waals surface area contributed by atoms with Crippen molar-refractivity contribution in [2.75, 3.05) is 18.0 Å². The fourth-order valence-electron chi connectivity index (χ4n) is 2.66. The van der Waals surface area contributed by atoms with Crippen molar-refractivity contribution < 1.29 is 9.90 Å². The van der Waals surface area contributed by atoms with Gasteiger partial charge in [-0.25, -0.2) is 9.97 Å². The summed E-state index contributed by atoms with van der Waals surface area (Å²) in [6, 6.07) is 1.99. The van der Waals surface area contributed by atoms with Crippen LogP contribution in [0.4, 0.5) is 5.69 Å². The third-order valence-corrected chi connectivity index (χ3v) is 3.59. The van der Waals surface area contributed by atoms with Gasteiger partial charge >= 0.3 is 0 Å². The van der Waals surface area contributed by atoms with E-state index < -0.39 is 0 Å². The van der Waals surface area contributed by atoms with E-state index in [2.05, 4.69) is 25.2 Å². The summed E-state index contributed by atoms with van der Waals surface area (Å²) in [6.07, 6.45) is 2.64. The summed E-state index contributed by atoms with van der Waals surface area (Å²) in [7, 11) is 0. The third-order valence-electron chi connectivity index (χ3n) is 3.59. The van der Waals surface area contributed by atoms with Crippen LogP contribution in [0, 0.1) is 6.92 Å². The quantitative estimate of drug-likeness (QED) is 0.847. The number of aromatic hydroxyl groups is 1. The smallest absolute Gasteiger partial charge is 0.223 e. The molecule has 7 heteroatoms. The van der Waals surface area contributed by atoms with E-state index in [1.807, 2.05) is 6.07 Å². The Morgan fingerprint density at radius 1 is 1.48 bits per heavy atom. The molecule has 110 valence electrons. The first-order valence-corrected chi connectivity index (χ1v) is 6.88. The van der Waals surface area contributed by atoms with Crippen LogP contribution >= 0.6 is 0 Å². The first kappa shape index (κ1) is 13.5. The van der Waals surface area contributed by atoms with Crippen molar-refractivity contribution in [3.63, 3.8) is 0 Å². The second-order valence-electron chi connectivity index (χ2n) is 5.29. The van der Waals surface area contributed by atoms with E-state index in [1.54, 1.807) is 13.1 Å². The fourth-order valence-corrected chi connectivity index (χ4v) is 2.66. The highest BCUT2D eigenvalue weighted by Crippen LogP contribution is 2.26. The molecule has 2 N–H and O–H groups in total. The minimum Gasteiger partial charge on any atom is -0.493 e. The van der Waals surface area contributed by atoms with Crippen LogP contribution in [-0.4, -0.2) is 45.1 Å². The summed E-state index contributed by atoms with van der Waals surface area (Å²) in [5.74, 6) is 0.427. The van der Waals surface area contributed by atoms with E-state index in [1.165, 1.54) is 6.92 Å². The molecule has 1 atom stereocenters. The van der Waals surface area contributed by atoms with Crippen LogP contribution in [0.15, 0.2) is 12.3 Å². The van der Waals surface area contributed by atoms with Crippen LogP contribution in [0.2, 0.25) is 0 Å². The summed E-state index contributed by atoms with van der Waals surface area (Å²) in [6.45, 7) is 4.82. The molecule has 0 radical (unpaired) electrons. The number of aromatic nitrogens is 3. The summed E-state index contributed by atoms with van der Waals surface area (Å²) in [5.41, 5.74) is 1.39. The van der Waals surface area contributed by atoms with Gasteiger partial charge in [-0.3, -0.25) is 4.79 Å². The Morgan fingerprint density at radius 3 is 3.05 bits per heavy atom. The molecule has 1 aliphatic rings. The predicted octanol–water partition coefficient (Wildman–Crippen LogP) is 0.754. The van der Waals surface area contributed by atoms with Gasteiger partial charge in [-0.15, -0.1) is 0 Å². The van der Waals surface area contributed by atoms with Crippen molar-refractivity contribution in [1.29, 1.82) is 0 Å². The molecule has 21 heavy (non-hydrogen) atoms. The molecule has 0 bridgehead atoms. The highest BCUT2D eigenvalue weighted by molar-refractivity contribution is 5.83. The van der Waals surface area contributed by atoms with Gasteiger partial charge in [-0.05, 0) is 19.4 Å². The van der Waals surface area contributed by atoms with Gasteiger partial charge in [-0.2, -0.15) is 4.98 Å². The van der Waals surface area contributed by atoms with Gasteiger partial charge < -0.3 is 15.3 Å². The van der Waals surface area contributed by atoms with Crippen LogP contribution in [-0.2, 0) is 4.79 Å². The summed E-state index contributed by atoms with van der Waals surface area (Å²) in [4.78, 5) is 25.7. The average Bonchev–Trinajstić information content (AvgIpc) is 2.86. The Labute approximate surface area is 122 Å². The monoisotopic (exact) mass is 287 g/mol. The molecule has 0 aliphatic carbocycles. The SMILES string of the molecule is CC(=O)N[C@@H]1CCN(c2cnc3nc(C)nc(O)c3c2)C1. The molecular weight excluding hydrogens is 270 g/mol. The first-order chi connectivity index (χ1) is 10.0. The van der Waals surface area contributed by atoms with Crippen molar-refractivity contribution in [2.24, 2.45) is 0 Å². The van der Waals surface area contributed by atoms with Gasteiger partial charge in [0.05, 0.1) is 17.3 Å². The molecular formula is C14H17N5O2. The average molecular weight is 287 g/mol. The van der Waals surface area contributed by atoms with Gasteiger partial charge in [0.2, 0.25) is 11.8 Å². The predicted molar refractivity (Wildman–Crippen MR) is 78.2 cm³/mol. The summed E-state index contributed by atoms with van der Waals surface area (Å²) in [5, 5.41) is 13.4. The maximum atomic E-state index is 11.1. The Bertz CT molecular complexity index is 703. The van der Waals surface area contributed by atoms with Crippen LogP contribution in [0.1, 0.15) is 19.2 Å². The van der Waals surface area contributed by atoms with Crippen LogP contribution < -0.4 is 10.2 Å². The number of aryl methyl sites for hydroxylation is 1. The maximum absolute atomic E-state index is 11.1. The minimum atomic E-state index is -0.0514. The number of hydrogen-bond acceptors (Lipinski definition) is 6. The zero-order valence-corrected chi connectivity index (χ0v) is 12.0. The lowest BCUT2D eigenvalue weighted by atomic mass is 10.2. The van der Waals surface area contributed by atoms with Gasteiger partial charge in [0, 0.05) is 26.1 Å². The van der Waals surface area contributed by atoms with Crippen molar-refractivity contribution in [3.05, 3.63) is 18.1 Å². The number of carbonyl (C=O) groups is 1. The molecule has 7 nitrogen and oxygen atoms in total. The summed E-state index contributed by atoms with van der Waals surface area (Å²) >= 11 is 0. The Balaban J connectivity index is 1.87. The van der Waals surface area contributed by atoms with Gasteiger partial charge in [-0.1, -0.05) is 0 Å². The van der Waals surface area contributed by atoms with Gasteiger partial charge in [0.15, 0.2) is 5.65 Å². The highest BCUT2D eigenvalue weighted by Gasteiger charge is 2.24. The van der Waals surface area contributed by atoms with E-state index in [4.69, 9.17) is 0 Å². The third kappa shape index (κ3) is 2.72. The number of amides is 1. The zero-order valence-electron chi connectivity index (χ0n) is 12.0. The van der Waals surface area contributed by atoms with Crippen molar-refractivity contribution >= 4 is 22.6 Å². The molecule has 1 fully saturated rings. The molecule has 0 aromatic carbocycles. The minimum absolute atomic E-state index is 0.0139.